The van der Waals surface area contributed by atoms with Gasteiger partial charge in [0.05, 0.1) is 31.9 Å². The predicted octanol–water partition coefficient (Wildman–Crippen LogP) is 0.477. The molecule has 0 saturated heterocycles. The zero-order chi connectivity index (χ0) is 16.5. The van der Waals surface area contributed by atoms with Crippen molar-refractivity contribution in [2.45, 2.75) is 18.0 Å². The van der Waals surface area contributed by atoms with Crippen molar-refractivity contribution < 1.29 is 12.6 Å². The lowest BCUT2D eigenvalue weighted by Crippen LogP contribution is -2.29. The van der Waals surface area contributed by atoms with Crippen molar-refractivity contribution in [2.75, 3.05) is 12.9 Å². The molecule has 0 spiro atoms. The summed E-state index contributed by atoms with van der Waals surface area (Å²) in [5.41, 5.74) is 0. The lowest BCUT2D eigenvalue weighted by atomic mass is 10.3. The highest BCUT2D eigenvalue weighted by atomic mass is 32.2. The van der Waals surface area contributed by atoms with Crippen LogP contribution < -0.4 is 10.4 Å². The molecular formula is C17H24O3SSi2. The van der Waals surface area contributed by atoms with Gasteiger partial charge in [0, 0.05) is 0 Å². The van der Waals surface area contributed by atoms with E-state index in [-0.39, 0.29) is 19.0 Å². The normalized spacial score (nSPS) is 14.0. The Hall–Kier alpha value is -1.22. The zero-order valence-corrected chi connectivity index (χ0v) is 17.2. The smallest absolute Gasteiger partial charge is 0.264 e. The summed E-state index contributed by atoms with van der Waals surface area (Å²) in [6.07, 6.45) is 3.00. The van der Waals surface area contributed by atoms with E-state index in [1.807, 2.05) is 0 Å². The Balaban J connectivity index is 1.93. The van der Waals surface area contributed by atoms with E-state index in [4.69, 9.17) is 4.18 Å². The molecule has 2 aromatic carbocycles. The van der Waals surface area contributed by atoms with Gasteiger partial charge in [-0.3, -0.25) is 4.18 Å². The topological polar surface area (TPSA) is 43.4 Å². The van der Waals surface area contributed by atoms with Crippen LogP contribution in [0.25, 0.3) is 0 Å². The fourth-order valence-corrected chi connectivity index (χ4v) is 9.16. The van der Waals surface area contributed by atoms with E-state index < -0.39 is 10.1 Å². The molecule has 6 heteroatoms. The van der Waals surface area contributed by atoms with E-state index >= 15 is 0 Å². The number of hydrogen-bond acceptors (Lipinski definition) is 3. The fourth-order valence-electron chi connectivity index (χ4n) is 2.75. The highest BCUT2D eigenvalue weighted by Crippen LogP contribution is 2.11. The molecule has 0 heterocycles. The predicted molar refractivity (Wildman–Crippen MR) is 103 cm³/mol. The van der Waals surface area contributed by atoms with Crippen LogP contribution in [0.4, 0.5) is 0 Å². The minimum absolute atomic E-state index is 0.307. The summed E-state index contributed by atoms with van der Waals surface area (Å²) in [4.78, 5) is 0. The Morgan fingerprint density at radius 3 is 1.83 bits per heavy atom. The van der Waals surface area contributed by atoms with Crippen molar-refractivity contribution in [1.29, 1.82) is 0 Å². The molecule has 0 fully saturated rings. The van der Waals surface area contributed by atoms with Gasteiger partial charge in [-0.2, -0.15) is 8.42 Å². The molecule has 3 nitrogen and oxygen atoms in total. The average Bonchev–Trinajstić information content (AvgIpc) is 2.52. The second-order valence-electron chi connectivity index (χ2n) is 5.91. The molecule has 0 aliphatic carbocycles. The largest absolute Gasteiger partial charge is 0.270 e. The van der Waals surface area contributed by atoms with Crippen molar-refractivity contribution in [1.82, 2.24) is 0 Å². The molecule has 0 aliphatic heterocycles. The van der Waals surface area contributed by atoms with Crippen molar-refractivity contribution in [3.8, 4) is 0 Å². The summed E-state index contributed by atoms with van der Waals surface area (Å²) in [6.45, 7) is 0.307. The third-order valence-corrected chi connectivity index (χ3v) is 9.97. The number of benzene rings is 2. The van der Waals surface area contributed by atoms with Crippen LogP contribution in [0.15, 0.2) is 60.7 Å². The van der Waals surface area contributed by atoms with Crippen LogP contribution in [0, 0.1) is 0 Å². The van der Waals surface area contributed by atoms with Crippen LogP contribution in [0.1, 0.15) is 12.8 Å². The summed E-state index contributed by atoms with van der Waals surface area (Å²) < 4.78 is 27.0. The first-order chi connectivity index (χ1) is 11.0. The maximum Gasteiger partial charge on any atom is 0.264 e. The molecule has 2 aromatic rings. The Kier molecular flexibility index (Phi) is 7.23. The molecule has 0 N–H and O–H groups in total. The Bertz CT molecular complexity index is 634. The van der Waals surface area contributed by atoms with Crippen molar-refractivity contribution in [2.24, 2.45) is 0 Å². The molecule has 0 aliphatic rings. The molecule has 124 valence electrons. The molecular weight excluding hydrogens is 340 g/mol. The van der Waals surface area contributed by atoms with Gasteiger partial charge in [0.1, 0.15) is 0 Å². The molecule has 0 aromatic heterocycles. The van der Waals surface area contributed by atoms with Crippen LogP contribution in [0.2, 0.25) is 5.16 Å². The van der Waals surface area contributed by atoms with Gasteiger partial charge in [0.15, 0.2) is 0 Å². The number of hydrogen-bond donors (Lipinski definition) is 0. The summed E-state index contributed by atoms with van der Waals surface area (Å²) >= 11 is 0. The highest BCUT2D eigenvalue weighted by molar-refractivity contribution is 7.85. The molecule has 0 saturated carbocycles. The lowest BCUT2D eigenvalue weighted by molar-refractivity contribution is 0.313. The van der Waals surface area contributed by atoms with Gasteiger partial charge < -0.3 is 0 Å². The number of rotatable bonds is 9. The third kappa shape index (κ3) is 7.74. The molecule has 0 radical (unpaired) electrons. The maximum absolute atomic E-state index is 11.1. The average molecular weight is 365 g/mol. The van der Waals surface area contributed by atoms with Gasteiger partial charge in [0.25, 0.3) is 10.1 Å². The van der Waals surface area contributed by atoms with E-state index in [0.717, 1.165) is 24.3 Å². The van der Waals surface area contributed by atoms with Gasteiger partial charge in [0.2, 0.25) is 0 Å². The Morgan fingerprint density at radius 1 is 0.913 bits per heavy atom. The van der Waals surface area contributed by atoms with Gasteiger partial charge in [-0.15, -0.1) is 0 Å². The van der Waals surface area contributed by atoms with Gasteiger partial charge in [-0.25, -0.2) is 0 Å². The van der Waals surface area contributed by atoms with Crippen LogP contribution in [-0.2, 0) is 14.3 Å². The molecule has 2 rings (SSSR count). The van der Waals surface area contributed by atoms with E-state index in [1.165, 1.54) is 10.4 Å². The van der Waals surface area contributed by atoms with Crippen LogP contribution in [0.3, 0.4) is 0 Å². The zero-order valence-electron chi connectivity index (χ0n) is 13.5. The molecule has 0 amide bonds. The first-order valence-corrected chi connectivity index (χ1v) is 12.8. The minimum atomic E-state index is -3.32. The first-order valence-electron chi connectivity index (χ1n) is 7.95. The van der Waals surface area contributed by atoms with Crippen molar-refractivity contribution in [3.05, 3.63) is 60.7 Å². The Morgan fingerprint density at radius 2 is 1.39 bits per heavy atom. The second-order valence-corrected chi connectivity index (χ2v) is 13.5. The molecule has 0 unspecified atom stereocenters. The van der Waals surface area contributed by atoms with Crippen LogP contribution in [-0.4, -0.2) is 40.3 Å². The van der Waals surface area contributed by atoms with Gasteiger partial charge in [-0.1, -0.05) is 82.6 Å². The van der Waals surface area contributed by atoms with Crippen LogP contribution in [0.5, 0.6) is 0 Å². The standard InChI is InChI=1S/C17H24O3SSi2/c1-21(18,19)20-14-8-13-17(22-15-9-4-2-5-10-15)23-16-11-6-3-7-12-16/h2-7,9-12,17H,8,13-14,22-23H2,1H3. The summed E-state index contributed by atoms with van der Waals surface area (Å²) in [7, 11) is -4.01. The monoisotopic (exact) mass is 364 g/mol. The second kappa shape index (κ2) is 9.17. The third-order valence-electron chi connectivity index (χ3n) is 3.79. The van der Waals surface area contributed by atoms with Gasteiger partial charge >= 0.3 is 0 Å². The quantitative estimate of drug-likeness (QED) is 0.369. The molecule has 23 heavy (non-hydrogen) atoms. The summed E-state index contributed by atoms with van der Waals surface area (Å²) in [5.74, 6) is 0. The van der Waals surface area contributed by atoms with Crippen LogP contribution >= 0.6 is 0 Å². The molecule has 0 bridgehead atoms. The van der Waals surface area contributed by atoms with E-state index in [9.17, 15) is 8.42 Å². The van der Waals surface area contributed by atoms with E-state index in [2.05, 4.69) is 60.7 Å². The van der Waals surface area contributed by atoms with Gasteiger partial charge in [-0.05, 0) is 6.42 Å². The SMILES string of the molecule is CS(=O)(=O)OCCCC([SiH2]c1ccccc1)[SiH2]c1ccccc1. The summed E-state index contributed by atoms with van der Waals surface area (Å²) in [5, 5.41) is 3.73. The Labute approximate surface area is 143 Å². The summed E-state index contributed by atoms with van der Waals surface area (Å²) in [6, 6.07) is 21.5. The maximum atomic E-state index is 11.1. The van der Waals surface area contributed by atoms with Crippen molar-refractivity contribution in [3.63, 3.8) is 0 Å². The van der Waals surface area contributed by atoms with E-state index in [1.54, 1.807) is 0 Å². The minimum Gasteiger partial charge on any atom is -0.270 e. The molecule has 0 atom stereocenters. The van der Waals surface area contributed by atoms with E-state index in [0.29, 0.717) is 6.61 Å². The lowest BCUT2D eigenvalue weighted by Gasteiger charge is -2.16. The fraction of sp³-hybridized carbons (Fsp3) is 0.294. The first kappa shape index (κ1) is 18.1. The van der Waals surface area contributed by atoms with Crippen molar-refractivity contribution >= 4 is 39.5 Å². The highest BCUT2D eigenvalue weighted by Gasteiger charge is 2.13.